The van der Waals surface area contributed by atoms with E-state index in [0.717, 1.165) is 50.0 Å². The Hall–Kier alpha value is -2.81. The third-order valence-corrected chi connectivity index (χ3v) is 6.73. The van der Waals surface area contributed by atoms with Gasteiger partial charge >= 0.3 is 0 Å². The lowest BCUT2D eigenvalue weighted by Crippen LogP contribution is -2.25. The first-order valence-corrected chi connectivity index (χ1v) is 13.7. The molecule has 1 aromatic heterocycles. The number of aryl methyl sites for hydroxylation is 3. The van der Waals surface area contributed by atoms with Gasteiger partial charge in [0.1, 0.15) is 5.75 Å². The zero-order chi connectivity index (χ0) is 26.6. The van der Waals surface area contributed by atoms with Gasteiger partial charge in [0.25, 0.3) is 0 Å². The van der Waals surface area contributed by atoms with Crippen LogP contribution in [0.4, 0.5) is 0 Å². The molecule has 3 aromatic rings. The molecular formula is C29H41N5O2S. The van der Waals surface area contributed by atoms with Gasteiger partial charge in [-0.1, -0.05) is 29.8 Å². The minimum absolute atomic E-state index is 0.665. The van der Waals surface area contributed by atoms with Crippen molar-refractivity contribution in [1.82, 2.24) is 24.7 Å². The highest BCUT2D eigenvalue weighted by Gasteiger charge is 2.22. The Morgan fingerprint density at radius 3 is 2.46 bits per heavy atom. The van der Waals surface area contributed by atoms with Crippen LogP contribution in [0.15, 0.2) is 53.4 Å². The number of nitrogens with one attached hydrogen (secondary N) is 2. The van der Waals surface area contributed by atoms with Crippen LogP contribution in [0.3, 0.4) is 0 Å². The fourth-order valence-corrected chi connectivity index (χ4v) is 4.47. The van der Waals surface area contributed by atoms with E-state index in [9.17, 15) is 4.79 Å². The summed E-state index contributed by atoms with van der Waals surface area (Å²) >= 11 is 1.71. The monoisotopic (exact) mass is 523 g/mol. The van der Waals surface area contributed by atoms with Gasteiger partial charge in [-0.15, -0.1) is 0 Å². The van der Waals surface area contributed by atoms with Gasteiger partial charge in [-0.05, 0) is 95.4 Å². The van der Waals surface area contributed by atoms with Crippen molar-refractivity contribution < 1.29 is 9.53 Å². The molecule has 7 nitrogen and oxygen atoms in total. The van der Waals surface area contributed by atoms with Gasteiger partial charge < -0.3 is 15.4 Å². The highest BCUT2D eigenvalue weighted by Crippen LogP contribution is 2.31. The first-order valence-electron chi connectivity index (χ1n) is 12.9. The number of hydrogen-bond donors (Lipinski definition) is 2. The van der Waals surface area contributed by atoms with Crippen LogP contribution in [-0.2, 0) is 17.9 Å². The molecule has 0 atom stereocenters. The van der Waals surface area contributed by atoms with Gasteiger partial charge in [-0.2, -0.15) is 5.10 Å². The molecule has 37 heavy (non-hydrogen) atoms. The topological polar surface area (TPSA) is 71.4 Å². The largest absolute Gasteiger partial charge is 0.493 e. The van der Waals surface area contributed by atoms with Gasteiger partial charge in [0.15, 0.2) is 0 Å². The zero-order valence-corrected chi connectivity index (χ0v) is 23.6. The SMILES string of the molecule is CN(C)Sc1ccc(CNCCNC=O)cc1.Cc1ccc(OCC2CC2)c(Cn2nc(C)cc2C)c1. The highest BCUT2D eigenvalue weighted by atomic mass is 32.2. The zero-order valence-electron chi connectivity index (χ0n) is 22.8. The van der Waals surface area contributed by atoms with E-state index in [1.165, 1.54) is 40.1 Å². The van der Waals surface area contributed by atoms with E-state index in [2.05, 4.69) is 82.4 Å². The molecular weight excluding hydrogens is 482 g/mol. The van der Waals surface area contributed by atoms with Crippen molar-refractivity contribution in [2.24, 2.45) is 5.92 Å². The Morgan fingerprint density at radius 2 is 1.84 bits per heavy atom. The summed E-state index contributed by atoms with van der Waals surface area (Å²) in [5.41, 5.74) is 5.99. The molecule has 1 heterocycles. The minimum Gasteiger partial charge on any atom is -0.493 e. The number of ether oxygens (including phenoxy) is 1. The molecule has 2 aromatic carbocycles. The molecule has 1 amide bonds. The number of aromatic nitrogens is 2. The lowest BCUT2D eigenvalue weighted by atomic mass is 10.1. The van der Waals surface area contributed by atoms with Crippen molar-refractivity contribution in [2.45, 2.75) is 51.6 Å². The van der Waals surface area contributed by atoms with Crippen LogP contribution in [0.2, 0.25) is 0 Å². The molecule has 1 aliphatic carbocycles. The van der Waals surface area contributed by atoms with Gasteiger partial charge in [-0.3, -0.25) is 13.8 Å². The number of benzene rings is 2. The molecule has 0 radical (unpaired) electrons. The van der Waals surface area contributed by atoms with Crippen molar-refractivity contribution in [1.29, 1.82) is 0 Å². The molecule has 0 aliphatic heterocycles. The molecule has 200 valence electrons. The van der Waals surface area contributed by atoms with E-state index in [1.54, 1.807) is 11.9 Å². The Morgan fingerprint density at radius 1 is 1.08 bits per heavy atom. The molecule has 2 N–H and O–H groups in total. The van der Waals surface area contributed by atoms with Crippen molar-refractivity contribution in [3.05, 3.63) is 76.6 Å². The van der Waals surface area contributed by atoms with E-state index in [-0.39, 0.29) is 0 Å². The van der Waals surface area contributed by atoms with E-state index < -0.39 is 0 Å². The number of carbonyl (C=O) groups excluding carboxylic acids is 1. The van der Waals surface area contributed by atoms with E-state index >= 15 is 0 Å². The summed E-state index contributed by atoms with van der Waals surface area (Å²) in [5, 5.41) is 10.4. The molecule has 0 spiro atoms. The molecule has 0 bridgehead atoms. The molecule has 1 fully saturated rings. The molecule has 1 saturated carbocycles. The third kappa shape index (κ3) is 10.6. The normalized spacial score (nSPS) is 12.7. The van der Waals surface area contributed by atoms with Crippen LogP contribution in [0.1, 0.15) is 40.9 Å². The molecule has 8 heteroatoms. The number of amides is 1. The first-order chi connectivity index (χ1) is 17.8. The second-order valence-corrected chi connectivity index (χ2v) is 11.1. The average Bonchev–Trinajstić information content (AvgIpc) is 3.63. The first kappa shape index (κ1) is 28.8. The van der Waals surface area contributed by atoms with Crippen LogP contribution in [-0.4, -0.2) is 54.3 Å². The van der Waals surface area contributed by atoms with Crippen LogP contribution >= 0.6 is 11.9 Å². The van der Waals surface area contributed by atoms with Crippen molar-refractivity contribution in [3.63, 3.8) is 0 Å². The van der Waals surface area contributed by atoms with E-state index in [1.807, 2.05) is 25.7 Å². The maximum absolute atomic E-state index is 10.0. The smallest absolute Gasteiger partial charge is 0.207 e. The molecule has 1 aliphatic rings. The second kappa shape index (κ2) is 14.8. The number of rotatable bonds is 13. The summed E-state index contributed by atoms with van der Waals surface area (Å²) in [4.78, 5) is 11.3. The Kier molecular flexibility index (Phi) is 11.5. The van der Waals surface area contributed by atoms with Crippen LogP contribution in [0, 0.1) is 26.7 Å². The van der Waals surface area contributed by atoms with E-state index in [4.69, 9.17) is 4.74 Å². The van der Waals surface area contributed by atoms with Gasteiger partial charge in [-0.25, -0.2) is 0 Å². The third-order valence-electron chi connectivity index (χ3n) is 5.88. The van der Waals surface area contributed by atoms with Crippen LogP contribution in [0.25, 0.3) is 0 Å². The maximum Gasteiger partial charge on any atom is 0.207 e. The fourth-order valence-electron chi connectivity index (χ4n) is 3.79. The number of carbonyl (C=O) groups is 1. The predicted octanol–water partition coefficient (Wildman–Crippen LogP) is 4.74. The molecule has 0 unspecified atom stereocenters. The van der Waals surface area contributed by atoms with Crippen molar-refractivity contribution in [2.75, 3.05) is 33.8 Å². The average molecular weight is 524 g/mol. The Labute approximate surface area is 226 Å². The Bertz CT molecular complexity index is 1110. The quantitative estimate of drug-likeness (QED) is 0.192. The van der Waals surface area contributed by atoms with Crippen molar-refractivity contribution in [3.8, 4) is 5.75 Å². The minimum atomic E-state index is 0.665. The summed E-state index contributed by atoms with van der Waals surface area (Å²) in [6, 6.07) is 17.0. The van der Waals surface area contributed by atoms with Crippen molar-refractivity contribution >= 4 is 18.4 Å². The number of nitrogens with zero attached hydrogens (tertiary/aromatic N) is 3. The molecule has 0 saturated heterocycles. The summed E-state index contributed by atoms with van der Waals surface area (Å²) < 4.78 is 10.1. The number of hydrogen-bond acceptors (Lipinski definition) is 6. The lowest BCUT2D eigenvalue weighted by Gasteiger charge is -2.13. The summed E-state index contributed by atoms with van der Waals surface area (Å²) in [6.07, 6.45) is 3.35. The summed E-state index contributed by atoms with van der Waals surface area (Å²) in [6.45, 7) is 10.2. The van der Waals surface area contributed by atoms with Crippen LogP contribution in [0.5, 0.6) is 5.75 Å². The second-order valence-electron chi connectivity index (χ2n) is 9.75. The standard InChI is InChI=1S/C17H22N2O.C12H19N3OS/c1-12-4-7-17(20-11-15-5-6-15)16(8-12)10-19-14(3)9-13(2)18-19;1-15(2)17-12-5-3-11(4-6-12)9-13-7-8-14-10-16/h4,7-9,15H,5-6,10-11H2,1-3H3;3-6,10,13H,7-9H2,1-2H3,(H,14,16). The van der Waals surface area contributed by atoms with Gasteiger partial charge in [0.05, 0.1) is 18.8 Å². The predicted molar refractivity (Wildman–Crippen MR) is 152 cm³/mol. The molecule has 4 rings (SSSR count). The summed E-state index contributed by atoms with van der Waals surface area (Å²) in [5.74, 6) is 1.79. The Balaban J connectivity index is 0.000000209. The lowest BCUT2D eigenvalue weighted by molar-refractivity contribution is -0.109. The fraction of sp³-hybridized carbons (Fsp3) is 0.448. The van der Waals surface area contributed by atoms with E-state index in [0.29, 0.717) is 6.54 Å². The maximum atomic E-state index is 10.0. The highest BCUT2D eigenvalue weighted by molar-refractivity contribution is 7.97. The van der Waals surface area contributed by atoms with Gasteiger partial charge in [0.2, 0.25) is 6.41 Å². The summed E-state index contributed by atoms with van der Waals surface area (Å²) in [7, 11) is 4.06. The van der Waals surface area contributed by atoms with Gasteiger partial charge in [0, 0.05) is 35.8 Å². The van der Waals surface area contributed by atoms with Crippen LogP contribution < -0.4 is 15.4 Å².